The highest BCUT2D eigenvalue weighted by molar-refractivity contribution is 5.96. The van der Waals surface area contributed by atoms with Gasteiger partial charge in [0.05, 0.1) is 33.3 Å². The van der Waals surface area contributed by atoms with Crippen molar-refractivity contribution in [2.24, 2.45) is 0 Å². The van der Waals surface area contributed by atoms with E-state index in [-0.39, 0.29) is 5.97 Å². The molecule has 0 amide bonds. The Hall–Kier alpha value is -2.79. The van der Waals surface area contributed by atoms with E-state index in [0.29, 0.717) is 17.1 Å². The van der Waals surface area contributed by atoms with Gasteiger partial charge in [-0.15, -0.1) is 0 Å². The molecule has 0 aliphatic rings. The molecule has 0 unspecified atom stereocenters. The number of H-pyrrole nitrogens is 1. The molecule has 1 heterocycles. The fourth-order valence-corrected chi connectivity index (χ4v) is 2.77. The summed E-state index contributed by atoms with van der Waals surface area (Å²) in [7, 11) is 5.84. The summed E-state index contributed by atoms with van der Waals surface area (Å²) >= 11 is 0. The Bertz CT molecular complexity index is 866. The van der Waals surface area contributed by atoms with Crippen LogP contribution in [0.1, 0.15) is 15.9 Å². The molecule has 3 aromatic rings. The lowest BCUT2D eigenvalue weighted by atomic mass is 10.1. The maximum atomic E-state index is 12.5. The lowest BCUT2D eigenvalue weighted by molar-refractivity contribution is -0.858. The number of esters is 1. The van der Waals surface area contributed by atoms with Gasteiger partial charge in [0.2, 0.25) is 0 Å². The van der Waals surface area contributed by atoms with Gasteiger partial charge in [0.1, 0.15) is 11.5 Å². The van der Waals surface area contributed by atoms with Crippen LogP contribution in [0.15, 0.2) is 48.7 Å². The summed E-state index contributed by atoms with van der Waals surface area (Å²) in [5, 5.41) is 0.977. The molecule has 3 rings (SSSR count). The van der Waals surface area contributed by atoms with Crippen molar-refractivity contribution in [2.45, 2.75) is 6.42 Å². The summed E-state index contributed by atoms with van der Waals surface area (Å²) in [5.41, 5.74) is 2.63. The number of benzene rings is 2. The molecule has 25 heavy (non-hydrogen) atoms. The number of likely N-dealkylation sites (N-methyl/N-ethyl adjacent to an activating group) is 1. The van der Waals surface area contributed by atoms with Gasteiger partial charge in [-0.25, -0.2) is 4.79 Å². The highest BCUT2D eigenvalue weighted by atomic mass is 16.5. The average Bonchev–Trinajstić information content (AvgIpc) is 3.04. The van der Waals surface area contributed by atoms with E-state index in [9.17, 15) is 4.79 Å². The molecule has 0 aliphatic heterocycles. The number of hydrogen-bond acceptors (Lipinski definition) is 3. The predicted molar refractivity (Wildman–Crippen MR) is 97.6 cm³/mol. The molecular formula is C20H23N2O3+. The third kappa shape index (κ3) is 3.83. The first-order valence-electron chi connectivity index (χ1n) is 8.32. The zero-order valence-electron chi connectivity index (χ0n) is 14.8. The van der Waals surface area contributed by atoms with Crippen LogP contribution in [-0.4, -0.2) is 38.7 Å². The van der Waals surface area contributed by atoms with Crippen LogP contribution in [0.3, 0.4) is 0 Å². The van der Waals surface area contributed by atoms with Crippen molar-refractivity contribution in [1.82, 2.24) is 4.98 Å². The minimum atomic E-state index is -0.375. The van der Waals surface area contributed by atoms with E-state index >= 15 is 0 Å². The first kappa shape index (κ1) is 17.0. The van der Waals surface area contributed by atoms with Crippen molar-refractivity contribution in [3.8, 4) is 11.5 Å². The van der Waals surface area contributed by atoms with Crippen LogP contribution < -0.4 is 14.4 Å². The Balaban J connectivity index is 1.86. The number of fused-ring (bicyclic) bond motifs is 1. The van der Waals surface area contributed by atoms with E-state index in [4.69, 9.17) is 9.47 Å². The van der Waals surface area contributed by atoms with Gasteiger partial charge in [0, 0.05) is 23.5 Å². The number of methoxy groups -OCH3 is 1. The first-order valence-corrected chi connectivity index (χ1v) is 8.32. The quantitative estimate of drug-likeness (QED) is 0.534. The lowest BCUT2D eigenvalue weighted by Gasteiger charge is -2.09. The molecule has 0 aliphatic carbocycles. The number of aromatic amines is 1. The number of hydrogen-bond donors (Lipinski definition) is 2. The van der Waals surface area contributed by atoms with E-state index in [1.807, 2.05) is 24.4 Å². The van der Waals surface area contributed by atoms with Gasteiger partial charge in [0.15, 0.2) is 0 Å². The van der Waals surface area contributed by atoms with E-state index in [2.05, 4.69) is 19.1 Å². The van der Waals surface area contributed by atoms with Crippen molar-refractivity contribution in [3.63, 3.8) is 0 Å². The highest BCUT2D eigenvalue weighted by Crippen LogP contribution is 2.29. The number of ether oxygens (including phenoxy) is 2. The lowest BCUT2D eigenvalue weighted by Crippen LogP contribution is -3.05. The fourth-order valence-electron chi connectivity index (χ4n) is 2.77. The minimum absolute atomic E-state index is 0.375. The second-order valence-corrected chi connectivity index (χ2v) is 6.32. The first-order chi connectivity index (χ1) is 12.1. The third-order valence-corrected chi connectivity index (χ3v) is 4.17. The number of carbonyl (C=O) groups is 1. The van der Waals surface area contributed by atoms with Crippen molar-refractivity contribution in [1.29, 1.82) is 0 Å². The molecule has 0 bridgehead atoms. The fraction of sp³-hybridized carbons (Fsp3) is 0.250. The summed E-state index contributed by atoms with van der Waals surface area (Å²) in [6.45, 7) is 1.01. The Labute approximate surface area is 147 Å². The summed E-state index contributed by atoms with van der Waals surface area (Å²) in [6.07, 6.45) is 2.91. The van der Waals surface area contributed by atoms with Crippen LogP contribution in [0, 0.1) is 0 Å². The molecule has 0 saturated carbocycles. The monoisotopic (exact) mass is 339 g/mol. The molecule has 130 valence electrons. The average molecular weight is 339 g/mol. The van der Waals surface area contributed by atoms with Crippen molar-refractivity contribution in [2.75, 3.05) is 27.7 Å². The molecule has 2 N–H and O–H groups in total. The van der Waals surface area contributed by atoms with Crippen LogP contribution in [0.4, 0.5) is 0 Å². The molecule has 2 aromatic carbocycles. The number of carbonyl (C=O) groups excluding carboxylic acids is 1. The number of nitrogens with one attached hydrogen (secondary N) is 2. The molecule has 1 aromatic heterocycles. The Morgan fingerprint density at radius 3 is 2.56 bits per heavy atom. The second kappa shape index (κ2) is 7.40. The predicted octanol–water partition coefficient (Wildman–Crippen LogP) is 2.08. The largest absolute Gasteiger partial charge is 0.497 e. The van der Waals surface area contributed by atoms with Crippen LogP contribution >= 0.6 is 0 Å². The molecule has 0 atom stereocenters. The standard InChI is InChI=1S/C20H22N2O3/c1-22(2)12-11-15-13-21-17-5-4-6-18(19(15)17)25-20(23)14-7-9-16(24-3)10-8-14/h4-10,13,21H,11-12H2,1-3H3/p+1. The van der Waals surface area contributed by atoms with E-state index in [1.54, 1.807) is 31.4 Å². The summed E-state index contributed by atoms with van der Waals surface area (Å²) < 4.78 is 10.8. The van der Waals surface area contributed by atoms with Gasteiger partial charge in [-0.05, 0) is 42.0 Å². The van der Waals surface area contributed by atoms with Crippen molar-refractivity contribution in [3.05, 3.63) is 59.8 Å². The number of rotatable bonds is 6. The van der Waals surface area contributed by atoms with E-state index in [0.717, 1.165) is 29.4 Å². The van der Waals surface area contributed by atoms with Gasteiger partial charge in [-0.1, -0.05) is 6.07 Å². The molecular weight excluding hydrogens is 316 g/mol. The molecule has 5 nitrogen and oxygen atoms in total. The highest BCUT2D eigenvalue weighted by Gasteiger charge is 2.15. The van der Waals surface area contributed by atoms with Gasteiger partial charge < -0.3 is 19.4 Å². The summed E-state index contributed by atoms with van der Waals surface area (Å²) in [5.74, 6) is 0.918. The Morgan fingerprint density at radius 2 is 1.88 bits per heavy atom. The zero-order chi connectivity index (χ0) is 17.8. The SMILES string of the molecule is COc1ccc(C(=O)Oc2cccc3[nH]cc(CC[NH+](C)C)c23)cc1. The molecule has 0 saturated heterocycles. The molecule has 0 spiro atoms. The normalized spacial score (nSPS) is 11.0. The van der Waals surface area contributed by atoms with Gasteiger partial charge >= 0.3 is 5.97 Å². The molecule has 5 heteroatoms. The third-order valence-electron chi connectivity index (χ3n) is 4.17. The number of quaternary nitrogens is 1. The summed E-state index contributed by atoms with van der Waals surface area (Å²) in [6, 6.07) is 12.6. The molecule has 0 radical (unpaired) electrons. The van der Waals surface area contributed by atoms with Crippen molar-refractivity contribution >= 4 is 16.9 Å². The maximum Gasteiger partial charge on any atom is 0.343 e. The smallest absolute Gasteiger partial charge is 0.343 e. The van der Waals surface area contributed by atoms with Crippen LogP contribution in [0.2, 0.25) is 0 Å². The van der Waals surface area contributed by atoms with Crippen LogP contribution in [0.25, 0.3) is 10.9 Å². The van der Waals surface area contributed by atoms with Gasteiger partial charge in [-0.3, -0.25) is 0 Å². The van der Waals surface area contributed by atoms with Crippen LogP contribution in [0.5, 0.6) is 11.5 Å². The second-order valence-electron chi connectivity index (χ2n) is 6.32. The zero-order valence-corrected chi connectivity index (χ0v) is 14.8. The Morgan fingerprint density at radius 1 is 1.12 bits per heavy atom. The van der Waals surface area contributed by atoms with E-state index in [1.165, 1.54) is 4.90 Å². The van der Waals surface area contributed by atoms with Crippen LogP contribution in [-0.2, 0) is 6.42 Å². The Kier molecular flexibility index (Phi) is 5.05. The van der Waals surface area contributed by atoms with Crippen molar-refractivity contribution < 1.29 is 19.2 Å². The van der Waals surface area contributed by atoms with Gasteiger partial charge in [0.25, 0.3) is 0 Å². The minimum Gasteiger partial charge on any atom is -0.497 e. The summed E-state index contributed by atoms with van der Waals surface area (Å²) in [4.78, 5) is 17.1. The molecule has 0 fully saturated rings. The maximum absolute atomic E-state index is 12.5. The topological polar surface area (TPSA) is 55.8 Å². The number of aromatic nitrogens is 1. The van der Waals surface area contributed by atoms with E-state index < -0.39 is 0 Å². The van der Waals surface area contributed by atoms with Gasteiger partial charge in [-0.2, -0.15) is 0 Å².